The molecule has 0 saturated heterocycles. The van der Waals surface area contributed by atoms with Gasteiger partial charge in [-0.25, -0.2) is 9.59 Å². The molecule has 0 aromatic heterocycles. The lowest BCUT2D eigenvalue weighted by Gasteiger charge is -2.14. The van der Waals surface area contributed by atoms with Gasteiger partial charge in [-0.05, 0) is 42.3 Å². The summed E-state index contributed by atoms with van der Waals surface area (Å²) in [5, 5.41) is 0. The van der Waals surface area contributed by atoms with Crippen LogP contribution in [-0.4, -0.2) is 53.0 Å². The summed E-state index contributed by atoms with van der Waals surface area (Å²) in [5.41, 5.74) is 2.56. The maximum atomic E-state index is 12.5. The van der Waals surface area contributed by atoms with Crippen molar-refractivity contribution in [1.29, 1.82) is 0 Å². The fourth-order valence-corrected chi connectivity index (χ4v) is 2.85. The molecule has 0 aliphatic carbocycles. The molecule has 0 aliphatic heterocycles. The summed E-state index contributed by atoms with van der Waals surface area (Å²) in [6, 6.07) is 9.05. The van der Waals surface area contributed by atoms with Crippen molar-refractivity contribution >= 4 is 37.7 Å². The van der Waals surface area contributed by atoms with Gasteiger partial charge in [-0.2, -0.15) is 8.42 Å². The van der Waals surface area contributed by atoms with Gasteiger partial charge in [0, 0.05) is 0 Å². The van der Waals surface area contributed by atoms with E-state index in [1.807, 2.05) is 6.07 Å². The Morgan fingerprint density at radius 3 is 2.10 bits per heavy atom. The predicted molar refractivity (Wildman–Crippen MR) is 108 cm³/mol. The van der Waals surface area contributed by atoms with Crippen LogP contribution in [0.4, 0.5) is 0 Å². The summed E-state index contributed by atoms with van der Waals surface area (Å²) in [4.78, 5) is 24.3. The van der Waals surface area contributed by atoms with Crippen molar-refractivity contribution < 1.29 is 32.0 Å². The molecule has 1 N–H and O–H groups in total. The van der Waals surface area contributed by atoms with E-state index < -0.39 is 34.4 Å². The molecule has 29 heavy (non-hydrogen) atoms. The second-order valence-corrected chi connectivity index (χ2v) is 7.77. The molecule has 0 amide bonds. The topological polar surface area (TPSA) is 107 Å². The first-order valence-corrected chi connectivity index (χ1v) is 10.2. The van der Waals surface area contributed by atoms with Crippen LogP contribution in [0.1, 0.15) is 37.4 Å². The maximum Gasteiger partial charge on any atom is 0.343 e. The van der Waals surface area contributed by atoms with E-state index in [0.29, 0.717) is 17.6 Å². The molecule has 0 atom stereocenters. The van der Waals surface area contributed by atoms with Crippen molar-refractivity contribution in [3.63, 3.8) is 0 Å². The van der Waals surface area contributed by atoms with E-state index in [9.17, 15) is 18.0 Å². The van der Waals surface area contributed by atoms with Crippen LogP contribution in [0.3, 0.4) is 0 Å². The summed E-state index contributed by atoms with van der Waals surface area (Å²) >= 11 is 0. The van der Waals surface area contributed by atoms with E-state index in [1.54, 1.807) is 13.0 Å². The average molecular weight is 412 g/mol. The normalized spacial score (nSPS) is 11.1. The van der Waals surface area contributed by atoms with Crippen molar-refractivity contribution in [2.45, 2.75) is 19.6 Å². The summed E-state index contributed by atoms with van der Waals surface area (Å²) in [6.07, 6.45) is 0.509. The number of carbonyl (C=O) groups excluding carboxylic acids is 2. The van der Waals surface area contributed by atoms with Gasteiger partial charge in [0.15, 0.2) is 0 Å². The van der Waals surface area contributed by atoms with Gasteiger partial charge in [0.25, 0.3) is 10.1 Å². The van der Waals surface area contributed by atoms with E-state index >= 15 is 0 Å². The summed E-state index contributed by atoms with van der Waals surface area (Å²) in [5.74, 6) is -1.75. The Morgan fingerprint density at radius 2 is 1.59 bits per heavy atom. The molecule has 0 spiro atoms. The molecule has 2 rings (SSSR count). The van der Waals surface area contributed by atoms with Crippen molar-refractivity contribution in [1.82, 2.24) is 0 Å². The highest BCUT2D eigenvalue weighted by Gasteiger charge is 2.16. The highest BCUT2D eigenvalue weighted by Crippen LogP contribution is 2.26. The van der Waals surface area contributed by atoms with Crippen LogP contribution in [-0.2, 0) is 27.5 Å². The molecule has 0 aliphatic rings. The smallest absolute Gasteiger partial charge is 0.343 e. The molecule has 0 saturated carbocycles. The Balaban J connectivity index is 2.09. The van der Waals surface area contributed by atoms with Gasteiger partial charge in [0.2, 0.25) is 0 Å². The zero-order valence-electron chi connectivity index (χ0n) is 15.8. The first-order chi connectivity index (χ1) is 13.6. The van der Waals surface area contributed by atoms with Crippen molar-refractivity contribution in [2.24, 2.45) is 0 Å². The van der Waals surface area contributed by atoms with Gasteiger partial charge in [-0.1, -0.05) is 30.3 Å². The molecule has 2 aromatic rings. The number of benzene rings is 2. The summed E-state index contributed by atoms with van der Waals surface area (Å²) in [7, 11) is 7.17. The minimum Gasteiger partial charge on any atom is -0.461 e. The molecular formula is C19H18B2O7S. The SMILES string of the molecule is [B]Cc1cc(C)c(OC(=O)c2ccc(C(=O)OCCS(=O)(=O)O)cc2)c(C[B])c1. The van der Waals surface area contributed by atoms with E-state index in [1.165, 1.54) is 24.3 Å². The lowest BCUT2D eigenvalue weighted by atomic mass is 9.89. The number of ether oxygens (including phenoxy) is 2. The van der Waals surface area contributed by atoms with Gasteiger partial charge >= 0.3 is 11.9 Å². The van der Waals surface area contributed by atoms with Gasteiger partial charge in [-0.3, -0.25) is 4.55 Å². The molecular weight excluding hydrogens is 394 g/mol. The lowest BCUT2D eigenvalue weighted by molar-refractivity contribution is 0.0527. The van der Waals surface area contributed by atoms with Crippen LogP contribution >= 0.6 is 0 Å². The summed E-state index contributed by atoms with van der Waals surface area (Å²) < 4.78 is 40.1. The Morgan fingerprint density at radius 1 is 1.00 bits per heavy atom. The van der Waals surface area contributed by atoms with E-state index in [4.69, 9.17) is 29.7 Å². The van der Waals surface area contributed by atoms with Crippen LogP contribution in [0, 0.1) is 6.92 Å². The number of hydrogen-bond acceptors (Lipinski definition) is 6. The average Bonchev–Trinajstić information content (AvgIpc) is 2.68. The Kier molecular flexibility index (Phi) is 7.64. The van der Waals surface area contributed by atoms with Crippen LogP contribution in [0.5, 0.6) is 5.75 Å². The number of rotatable bonds is 8. The van der Waals surface area contributed by atoms with E-state index in [-0.39, 0.29) is 17.4 Å². The second kappa shape index (κ2) is 9.76. The molecule has 0 heterocycles. The fourth-order valence-electron chi connectivity index (χ4n) is 2.56. The number of carbonyl (C=O) groups is 2. The van der Waals surface area contributed by atoms with E-state index in [2.05, 4.69) is 0 Å². The van der Waals surface area contributed by atoms with Gasteiger partial charge < -0.3 is 9.47 Å². The van der Waals surface area contributed by atoms with Gasteiger partial charge in [0.05, 0.1) is 26.8 Å². The zero-order chi connectivity index (χ0) is 21.6. The Labute approximate surface area is 172 Å². The Hall–Kier alpha value is -2.58. The molecule has 0 fully saturated rings. The minimum absolute atomic E-state index is 0.114. The van der Waals surface area contributed by atoms with Gasteiger partial charge in [-0.15, -0.1) is 0 Å². The third kappa shape index (κ3) is 6.47. The standard InChI is InChI=1S/C19H18B2O7S/c1-12-8-13(10-20)9-16(11-21)17(12)28-19(23)15-4-2-14(3-5-15)18(22)27-6-7-29(24,25)26/h2-5,8-9H,6-7,10-11H2,1H3,(H,24,25,26). The highest BCUT2D eigenvalue weighted by atomic mass is 32.2. The first-order valence-electron chi connectivity index (χ1n) is 8.61. The zero-order valence-corrected chi connectivity index (χ0v) is 16.6. The second-order valence-electron chi connectivity index (χ2n) is 6.20. The lowest BCUT2D eigenvalue weighted by Crippen LogP contribution is -2.15. The molecule has 10 heteroatoms. The molecule has 148 valence electrons. The van der Waals surface area contributed by atoms with Crippen molar-refractivity contribution in [3.05, 3.63) is 64.2 Å². The first kappa shape index (κ1) is 22.7. The van der Waals surface area contributed by atoms with E-state index in [0.717, 1.165) is 11.1 Å². The quantitative estimate of drug-likeness (QED) is 0.304. The molecule has 0 unspecified atom stereocenters. The molecule has 2 aromatic carbocycles. The third-order valence-corrected chi connectivity index (χ3v) is 4.68. The molecule has 0 bridgehead atoms. The molecule has 7 nitrogen and oxygen atoms in total. The number of esters is 2. The van der Waals surface area contributed by atoms with Crippen molar-refractivity contribution in [3.8, 4) is 5.75 Å². The number of hydrogen-bond donors (Lipinski definition) is 1. The fraction of sp³-hybridized carbons (Fsp3) is 0.263. The largest absolute Gasteiger partial charge is 0.461 e. The number of aryl methyl sites for hydroxylation is 1. The van der Waals surface area contributed by atoms with Crippen molar-refractivity contribution in [2.75, 3.05) is 12.4 Å². The highest BCUT2D eigenvalue weighted by molar-refractivity contribution is 7.85. The molecule has 4 radical (unpaired) electrons. The van der Waals surface area contributed by atoms with Crippen LogP contribution < -0.4 is 4.74 Å². The van der Waals surface area contributed by atoms with Gasteiger partial charge in [0.1, 0.15) is 18.1 Å². The van der Waals surface area contributed by atoms with Crippen LogP contribution in [0.15, 0.2) is 36.4 Å². The maximum absolute atomic E-state index is 12.5. The third-order valence-electron chi connectivity index (χ3n) is 3.99. The van der Waals surface area contributed by atoms with Crippen LogP contribution in [0.2, 0.25) is 0 Å². The monoisotopic (exact) mass is 412 g/mol. The minimum atomic E-state index is -4.22. The summed E-state index contributed by atoms with van der Waals surface area (Å²) in [6.45, 7) is 1.30. The van der Waals surface area contributed by atoms with Crippen LogP contribution in [0.25, 0.3) is 0 Å². The predicted octanol–water partition coefficient (Wildman–Crippen LogP) is 1.60. The Bertz CT molecular complexity index is 1000.